The number of hydrogen-bond donors (Lipinski definition) is 2. The van der Waals surface area contributed by atoms with Gasteiger partial charge in [0.25, 0.3) is 0 Å². The second-order valence-electron chi connectivity index (χ2n) is 4.87. The topological polar surface area (TPSA) is 58.2 Å². The number of Topliss-reactive ketones (excluding diaryl/α,β-unsaturated/α-hetero) is 1. The fraction of sp³-hybridized carbons (Fsp3) is 0.176. The minimum absolute atomic E-state index is 0.0520. The van der Waals surface area contributed by atoms with Crippen LogP contribution in [0.4, 0.5) is 15.8 Å². The number of nitrogens with one attached hydrogen (secondary N) is 2. The summed E-state index contributed by atoms with van der Waals surface area (Å²) in [5, 5.41) is 5.71. The second kappa shape index (κ2) is 7.36. The first-order valence-electron chi connectivity index (χ1n) is 6.95. The monoisotopic (exact) mass is 300 g/mol. The van der Waals surface area contributed by atoms with Gasteiger partial charge >= 0.3 is 0 Å². The Balaban J connectivity index is 1.83. The normalized spacial score (nSPS) is 10.1. The highest BCUT2D eigenvalue weighted by Crippen LogP contribution is 2.12. The molecule has 2 rings (SSSR count). The number of carbonyl (C=O) groups is 2. The Kier molecular flexibility index (Phi) is 5.25. The van der Waals surface area contributed by atoms with Crippen LogP contribution in [0.25, 0.3) is 0 Å². The lowest BCUT2D eigenvalue weighted by Gasteiger charge is -2.08. The summed E-state index contributed by atoms with van der Waals surface area (Å²) in [5.41, 5.74) is 1.77. The number of rotatable bonds is 6. The van der Waals surface area contributed by atoms with Gasteiger partial charge in [0.05, 0.1) is 0 Å². The van der Waals surface area contributed by atoms with Crippen LogP contribution in [-0.2, 0) is 4.79 Å². The van der Waals surface area contributed by atoms with Gasteiger partial charge in [-0.15, -0.1) is 0 Å². The van der Waals surface area contributed by atoms with Crippen LogP contribution in [0.3, 0.4) is 0 Å². The molecule has 0 aliphatic heterocycles. The SMILES string of the molecule is CC(=O)c1cccc(NC(=O)CCNc2cccc(F)c2)c1. The van der Waals surface area contributed by atoms with Gasteiger partial charge in [-0.05, 0) is 37.3 Å². The third-order valence-corrected chi connectivity index (χ3v) is 3.06. The molecule has 0 aromatic heterocycles. The first-order chi connectivity index (χ1) is 10.5. The summed E-state index contributed by atoms with van der Waals surface area (Å²) in [7, 11) is 0. The van der Waals surface area contributed by atoms with Crippen molar-refractivity contribution < 1.29 is 14.0 Å². The molecule has 2 N–H and O–H groups in total. The number of ketones is 1. The molecular weight excluding hydrogens is 283 g/mol. The molecule has 0 heterocycles. The highest BCUT2D eigenvalue weighted by atomic mass is 19.1. The van der Waals surface area contributed by atoms with Crippen molar-refractivity contribution in [1.29, 1.82) is 0 Å². The number of anilines is 2. The van der Waals surface area contributed by atoms with E-state index in [0.29, 0.717) is 23.5 Å². The van der Waals surface area contributed by atoms with Gasteiger partial charge in [-0.3, -0.25) is 9.59 Å². The minimum Gasteiger partial charge on any atom is -0.384 e. The third-order valence-electron chi connectivity index (χ3n) is 3.06. The predicted octanol–water partition coefficient (Wildman–Crippen LogP) is 3.47. The summed E-state index contributed by atoms with van der Waals surface area (Å²) in [6, 6.07) is 12.8. The Morgan fingerprint density at radius 2 is 1.77 bits per heavy atom. The van der Waals surface area contributed by atoms with E-state index in [0.717, 1.165) is 0 Å². The Morgan fingerprint density at radius 1 is 1.05 bits per heavy atom. The average Bonchev–Trinajstić information content (AvgIpc) is 2.47. The molecule has 0 unspecified atom stereocenters. The zero-order valence-electron chi connectivity index (χ0n) is 12.2. The van der Waals surface area contributed by atoms with Crippen molar-refractivity contribution in [1.82, 2.24) is 0 Å². The van der Waals surface area contributed by atoms with Gasteiger partial charge in [0.15, 0.2) is 5.78 Å². The minimum atomic E-state index is -0.324. The number of benzene rings is 2. The quantitative estimate of drug-likeness (QED) is 0.803. The van der Waals surface area contributed by atoms with Gasteiger partial charge in [-0.2, -0.15) is 0 Å². The van der Waals surface area contributed by atoms with Crippen LogP contribution in [0.2, 0.25) is 0 Å². The fourth-order valence-electron chi connectivity index (χ4n) is 1.96. The average molecular weight is 300 g/mol. The molecule has 22 heavy (non-hydrogen) atoms. The van der Waals surface area contributed by atoms with Gasteiger partial charge in [-0.25, -0.2) is 4.39 Å². The Morgan fingerprint density at radius 3 is 2.50 bits per heavy atom. The zero-order valence-corrected chi connectivity index (χ0v) is 12.2. The highest BCUT2D eigenvalue weighted by Gasteiger charge is 2.05. The molecule has 2 aromatic rings. The lowest BCUT2D eigenvalue weighted by Crippen LogP contribution is -2.16. The summed E-state index contributed by atoms with van der Waals surface area (Å²) < 4.78 is 13.0. The predicted molar refractivity (Wildman–Crippen MR) is 84.6 cm³/mol. The second-order valence-corrected chi connectivity index (χ2v) is 4.87. The first-order valence-corrected chi connectivity index (χ1v) is 6.95. The molecule has 0 radical (unpaired) electrons. The fourth-order valence-corrected chi connectivity index (χ4v) is 1.96. The molecule has 114 valence electrons. The van der Waals surface area contributed by atoms with Crippen molar-refractivity contribution in [3.05, 3.63) is 59.9 Å². The number of carbonyl (C=O) groups excluding carboxylic acids is 2. The van der Waals surface area contributed by atoms with Gasteiger partial charge in [0.1, 0.15) is 5.82 Å². The lowest BCUT2D eigenvalue weighted by atomic mass is 10.1. The van der Waals surface area contributed by atoms with Crippen LogP contribution in [0, 0.1) is 5.82 Å². The van der Waals surface area contributed by atoms with E-state index in [-0.39, 0.29) is 23.9 Å². The number of amides is 1. The van der Waals surface area contributed by atoms with Crippen LogP contribution < -0.4 is 10.6 Å². The Hall–Kier alpha value is -2.69. The molecule has 0 saturated heterocycles. The van der Waals surface area contributed by atoms with Crippen LogP contribution in [0.5, 0.6) is 0 Å². The van der Waals surface area contributed by atoms with Crippen LogP contribution in [0.1, 0.15) is 23.7 Å². The largest absolute Gasteiger partial charge is 0.384 e. The molecule has 0 aliphatic rings. The third kappa shape index (κ3) is 4.70. The summed E-state index contributed by atoms with van der Waals surface area (Å²) in [6.45, 7) is 1.87. The van der Waals surface area contributed by atoms with Gasteiger partial charge < -0.3 is 10.6 Å². The van der Waals surface area contributed by atoms with Gasteiger partial charge in [0, 0.05) is 29.9 Å². The van der Waals surface area contributed by atoms with E-state index in [9.17, 15) is 14.0 Å². The molecule has 5 heteroatoms. The molecule has 0 saturated carbocycles. The molecule has 2 aromatic carbocycles. The summed E-state index contributed by atoms with van der Waals surface area (Å²) in [5.74, 6) is -0.552. The molecule has 0 fully saturated rings. The van der Waals surface area contributed by atoms with E-state index < -0.39 is 0 Å². The van der Waals surface area contributed by atoms with Crippen LogP contribution in [-0.4, -0.2) is 18.2 Å². The van der Waals surface area contributed by atoms with Crippen molar-refractivity contribution in [3.8, 4) is 0 Å². The van der Waals surface area contributed by atoms with E-state index in [1.165, 1.54) is 19.1 Å². The molecule has 0 spiro atoms. The van der Waals surface area contributed by atoms with E-state index in [2.05, 4.69) is 10.6 Å². The van der Waals surface area contributed by atoms with Crippen LogP contribution >= 0.6 is 0 Å². The molecule has 4 nitrogen and oxygen atoms in total. The Labute approximate surface area is 128 Å². The zero-order chi connectivity index (χ0) is 15.9. The van der Waals surface area contributed by atoms with Gasteiger partial charge in [0.2, 0.25) is 5.91 Å². The van der Waals surface area contributed by atoms with Crippen molar-refractivity contribution >= 4 is 23.1 Å². The molecule has 0 bridgehead atoms. The van der Waals surface area contributed by atoms with Crippen molar-refractivity contribution in [2.45, 2.75) is 13.3 Å². The molecule has 0 atom stereocenters. The maximum absolute atomic E-state index is 13.0. The summed E-state index contributed by atoms with van der Waals surface area (Å²) >= 11 is 0. The summed E-state index contributed by atoms with van der Waals surface area (Å²) in [6.07, 6.45) is 0.237. The first kappa shape index (κ1) is 15.7. The van der Waals surface area contributed by atoms with E-state index in [1.54, 1.807) is 36.4 Å². The maximum atomic E-state index is 13.0. The summed E-state index contributed by atoms with van der Waals surface area (Å²) in [4.78, 5) is 23.1. The Bertz CT molecular complexity index is 686. The van der Waals surface area contributed by atoms with Crippen LogP contribution in [0.15, 0.2) is 48.5 Å². The maximum Gasteiger partial charge on any atom is 0.226 e. The van der Waals surface area contributed by atoms with Crippen molar-refractivity contribution in [2.75, 3.05) is 17.2 Å². The van der Waals surface area contributed by atoms with Crippen molar-refractivity contribution in [3.63, 3.8) is 0 Å². The lowest BCUT2D eigenvalue weighted by molar-refractivity contribution is -0.115. The van der Waals surface area contributed by atoms with E-state index in [1.807, 2.05) is 0 Å². The van der Waals surface area contributed by atoms with Gasteiger partial charge in [-0.1, -0.05) is 18.2 Å². The van der Waals surface area contributed by atoms with Crippen molar-refractivity contribution in [2.24, 2.45) is 0 Å². The highest BCUT2D eigenvalue weighted by molar-refractivity contribution is 5.97. The smallest absolute Gasteiger partial charge is 0.226 e. The molecular formula is C17H17FN2O2. The van der Waals surface area contributed by atoms with E-state index in [4.69, 9.17) is 0 Å². The number of halogens is 1. The molecule has 1 amide bonds. The molecule has 0 aliphatic carbocycles. The van der Waals surface area contributed by atoms with E-state index >= 15 is 0 Å². The standard InChI is InChI=1S/C17H17FN2O2/c1-12(21)13-4-2-7-16(10-13)20-17(22)8-9-19-15-6-3-5-14(18)11-15/h2-7,10-11,19H,8-9H2,1H3,(H,20,22). The number of hydrogen-bond acceptors (Lipinski definition) is 3.